The minimum Gasteiger partial charge on any atom is -0.497 e. The lowest BCUT2D eigenvalue weighted by Gasteiger charge is -2.17. The molecule has 0 aliphatic carbocycles. The molecule has 0 aliphatic heterocycles. The van der Waals surface area contributed by atoms with Crippen molar-refractivity contribution in [1.82, 2.24) is 10.0 Å². The minimum atomic E-state index is -3.90. The number of benzene rings is 1. The summed E-state index contributed by atoms with van der Waals surface area (Å²) in [5, 5.41) is 2.51. The predicted octanol–water partition coefficient (Wildman–Crippen LogP) is 0.430. The fourth-order valence-corrected chi connectivity index (χ4v) is 2.94. The van der Waals surface area contributed by atoms with Crippen LogP contribution >= 0.6 is 0 Å². The molecule has 0 saturated carbocycles. The molecule has 9 heteroatoms. The Labute approximate surface area is 141 Å². The Morgan fingerprint density at radius 1 is 1.17 bits per heavy atom. The summed E-state index contributed by atoms with van der Waals surface area (Å²) < 4.78 is 36.6. The average Bonchev–Trinajstić information content (AvgIpc) is 2.54. The van der Waals surface area contributed by atoms with Crippen LogP contribution in [0.15, 0.2) is 29.2 Å². The third kappa shape index (κ3) is 5.50. The molecular formula is C15H22N2O6S. The fraction of sp³-hybridized carbons (Fsp3) is 0.467. The normalized spacial score (nSPS) is 13.7. The van der Waals surface area contributed by atoms with Gasteiger partial charge in [-0.15, -0.1) is 0 Å². The Balaban J connectivity index is 2.72. The average molecular weight is 358 g/mol. The smallest absolute Gasteiger partial charge is 0.324 e. The van der Waals surface area contributed by atoms with Crippen LogP contribution in [0.3, 0.4) is 0 Å². The second-order valence-corrected chi connectivity index (χ2v) is 6.71. The van der Waals surface area contributed by atoms with Gasteiger partial charge in [-0.25, -0.2) is 8.42 Å². The quantitative estimate of drug-likeness (QED) is 0.652. The van der Waals surface area contributed by atoms with Gasteiger partial charge < -0.3 is 14.8 Å². The second-order valence-electron chi connectivity index (χ2n) is 4.99. The zero-order chi connectivity index (χ0) is 18.3. The van der Waals surface area contributed by atoms with Gasteiger partial charge in [0.25, 0.3) is 5.91 Å². The van der Waals surface area contributed by atoms with Crippen molar-refractivity contribution >= 4 is 21.9 Å². The molecule has 24 heavy (non-hydrogen) atoms. The monoisotopic (exact) mass is 358 g/mol. The summed E-state index contributed by atoms with van der Waals surface area (Å²) >= 11 is 0. The summed E-state index contributed by atoms with van der Waals surface area (Å²) in [5.41, 5.74) is 0. The molecule has 134 valence electrons. The minimum absolute atomic E-state index is 0.0141. The molecule has 0 radical (unpaired) electrons. The fourth-order valence-electron chi connectivity index (χ4n) is 1.75. The van der Waals surface area contributed by atoms with E-state index in [2.05, 4.69) is 10.0 Å². The summed E-state index contributed by atoms with van der Waals surface area (Å²) in [6.07, 6.45) is -1.01. The number of rotatable bonds is 8. The highest BCUT2D eigenvalue weighted by molar-refractivity contribution is 7.89. The third-order valence-electron chi connectivity index (χ3n) is 3.07. The summed E-state index contributed by atoms with van der Waals surface area (Å²) in [6, 6.07) is 4.56. The lowest BCUT2D eigenvalue weighted by Crippen LogP contribution is -2.43. The first-order chi connectivity index (χ1) is 11.2. The van der Waals surface area contributed by atoms with Gasteiger partial charge in [0.1, 0.15) is 11.8 Å². The van der Waals surface area contributed by atoms with Crippen LogP contribution in [-0.4, -0.2) is 46.1 Å². The topological polar surface area (TPSA) is 111 Å². The van der Waals surface area contributed by atoms with Gasteiger partial charge in [-0.05, 0) is 45.0 Å². The predicted molar refractivity (Wildman–Crippen MR) is 87.0 cm³/mol. The van der Waals surface area contributed by atoms with Crippen molar-refractivity contribution < 1.29 is 27.5 Å². The van der Waals surface area contributed by atoms with Gasteiger partial charge in [-0.2, -0.15) is 4.72 Å². The first-order valence-corrected chi connectivity index (χ1v) is 8.84. The lowest BCUT2D eigenvalue weighted by atomic mass is 10.3. The van der Waals surface area contributed by atoms with E-state index >= 15 is 0 Å². The Bertz CT molecular complexity index is 672. The van der Waals surface area contributed by atoms with Gasteiger partial charge in [-0.3, -0.25) is 9.59 Å². The maximum atomic E-state index is 12.2. The van der Waals surface area contributed by atoms with Gasteiger partial charge in [0.05, 0.1) is 12.0 Å². The molecule has 0 fully saturated rings. The Morgan fingerprint density at radius 3 is 2.25 bits per heavy atom. The number of methoxy groups -OCH3 is 1. The van der Waals surface area contributed by atoms with E-state index in [1.807, 2.05) is 0 Å². The van der Waals surface area contributed by atoms with Crippen LogP contribution in [0.1, 0.15) is 20.8 Å². The standard InChI is InChI=1S/C15H22N2O6S/c1-5-16-14(18)11(3)23-15(19)10(2)17-24(20,21)13-8-6-12(22-4)7-9-13/h6-11,17H,5H2,1-4H3,(H,16,18)/t10-,11-/m0/s1. The molecule has 0 spiro atoms. The number of nitrogens with one attached hydrogen (secondary N) is 2. The van der Waals surface area contributed by atoms with E-state index in [1.54, 1.807) is 6.92 Å². The van der Waals surface area contributed by atoms with Crippen molar-refractivity contribution in [3.05, 3.63) is 24.3 Å². The van der Waals surface area contributed by atoms with Gasteiger partial charge in [0, 0.05) is 6.54 Å². The van der Waals surface area contributed by atoms with E-state index in [-0.39, 0.29) is 4.90 Å². The maximum Gasteiger partial charge on any atom is 0.324 e. The number of carbonyl (C=O) groups is 2. The van der Waals surface area contributed by atoms with E-state index in [1.165, 1.54) is 45.2 Å². The van der Waals surface area contributed by atoms with Gasteiger partial charge >= 0.3 is 5.97 Å². The van der Waals surface area contributed by atoms with Crippen LogP contribution in [0.2, 0.25) is 0 Å². The van der Waals surface area contributed by atoms with Crippen LogP contribution in [0.25, 0.3) is 0 Å². The molecule has 1 aromatic carbocycles. The van der Waals surface area contributed by atoms with E-state index < -0.39 is 34.0 Å². The van der Waals surface area contributed by atoms with Crippen molar-refractivity contribution in [1.29, 1.82) is 0 Å². The van der Waals surface area contributed by atoms with Crippen LogP contribution < -0.4 is 14.8 Å². The zero-order valence-electron chi connectivity index (χ0n) is 14.0. The first-order valence-electron chi connectivity index (χ1n) is 7.35. The molecule has 0 unspecified atom stereocenters. The van der Waals surface area contributed by atoms with Crippen molar-refractivity contribution in [3.63, 3.8) is 0 Å². The molecule has 0 bridgehead atoms. The van der Waals surface area contributed by atoms with E-state index in [0.717, 1.165) is 0 Å². The summed E-state index contributed by atoms with van der Waals surface area (Å²) in [5.74, 6) is -0.779. The molecule has 2 N–H and O–H groups in total. The molecule has 1 aromatic rings. The van der Waals surface area contributed by atoms with Gasteiger partial charge in [0.2, 0.25) is 10.0 Å². The molecule has 0 heterocycles. The Hall–Kier alpha value is -2.13. The van der Waals surface area contributed by atoms with Crippen LogP contribution in [-0.2, 0) is 24.3 Å². The number of amides is 1. The van der Waals surface area contributed by atoms with Crippen molar-refractivity contribution in [2.75, 3.05) is 13.7 Å². The molecule has 0 saturated heterocycles. The van der Waals surface area contributed by atoms with E-state index in [4.69, 9.17) is 9.47 Å². The highest BCUT2D eigenvalue weighted by atomic mass is 32.2. The number of hydrogen-bond acceptors (Lipinski definition) is 6. The Kier molecular flexibility index (Phi) is 7.18. The molecule has 1 rings (SSSR count). The molecule has 1 amide bonds. The highest BCUT2D eigenvalue weighted by Gasteiger charge is 2.26. The third-order valence-corrected chi connectivity index (χ3v) is 4.63. The molecule has 0 aliphatic rings. The number of carbonyl (C=O) groups excluding carboxylic acids is 2. The van der Waals surface area contributed by atoms with Crippen molar-refractivity contribution in [2.45, 2.75) is 37.8 Å². The number of ether oxygens (including phenoxy) is 2. The van der Waals surface area contributed by atoms with Crippen LogP contribution in [0.4, 0.5) is 0 Å². The SMILES string of the molecule is CCNC(=O)[C@H](C)OC(=O)[C@H](C)NS(=O)(=O)c1ccc(OC)cc1. The second kappa shape index (κ2) is 8.65. The Morgan fingerprint density at radius 2 is 1.75 bits per heavy atom. The van der Waals surface area contributed by atoms with E-state index in [0.29, 0.717) is 12.3 Å². The maximum absolute atomic E-state index is 12.2. The summed E-state index contributed by atoms with van der Waals surface area (Å²) in [6.45, 7) is 4.89. The van der Waals surface area contributed by atoms with Crippen LogP contribution in [0, 0.1) is 0 Å². The van der Waals surface area contributed by atoms with Crippen LogP contribution in [0.5, 0.6) is 5.75 Å². The molecule has 2 atom stereocenters. The van der Waals surface area contributed by atoms with Crippen molar-refractivity contribution in [2.24, 2.45) is 0 Å². The van der Waals surface area contributed by atoms with Gasteiger partial charge in [0.15, 0.2) is 6.10 Å². The number of sulfonamides is 1. The van der Waals surface area contributed by atoms with E-state index in [9.17, 15) is 18.0 Å². The van der Waals surface area contributed by atoms with Crippen molar-refractivity contribution in [3.8, 4) is 5.75 Å². The summed E-state index contributed by atoms with van der Waals surface area (Å²) in [4.78, 5) is 23.4. The highest BCUT2D eigenvalue weighted by Crippen LogP contribution is 2.15. The zero-order valence-corrected chi connectivity index (χ0v) is 14.8. The molecular weight excluding hydrogens is 336 g/mol. The largest absolute Gasteiger partial charge is 0.497 e. The summed E-state index contributed by atoms with van der Waals surface area (Å²) in [7, 11) is -2.43. The molecule has 8 nitrogen and oxygen atoms in total. The lowest BCUT2D eigenvalue weighted by molar-refractivity contribution is -0.156. The first kappa shape index (κ1) is 19.9. The number of esters is 1. The number of likely N-dealkylation sites (N-methyl/N-ethyl adjacent to an activating group) is 1. The molecule has 0 aromatic heterocycles. The number of hydrogen-bond donors (Lipinski definition) is 2. The van der Waals surface area contributed by atoms with Gasteiger partial charge in [-0.1, -0.05) is 0 Å².